The Morgan fingerprint density at radius 2 is 1.79 bits per heavy atom. The Balaban J connectivity index is 1.78. The summed E-state index contributed by atoms with van der Waals surface area (Å²) >= 11 is 0. The molecule has 7 heteroatoms. The van der Waals surface area contributed by atoms with Gasteiger partial charge in [0.25, 0.3) is 0 Å². The highest BCUT2D eigenvalue weighted by molar-refractivity contribution is 5.79. The van der Waals surface area contributed by atoms with Crippen LogP contribution in [0.4, 0.5) is 0 Å². The van der Waals surface area contributed by atoms with E-state index in [1.807, 2.05) is 19.9 Å². The molecule has 3 rings (SSSR count). The predicted octanol–water partition coefficient (Wildman–Crippen LogP) is 4.32. The number of hydrogen-bond donors (Lipinski definition) is 0. The minimum Gasteiger partial charge on any atom is -0.490 e. The van der Waals surface area contributed by atoms with E-state index in [1.54, 1.807) is 36.4 Å². The highest BCUT2D eigenvalue weighted by Crippen LogP contribution is 2.31. The van der Waals surface area contributed by atoms with E-state index in [-0.39, 0.29) is 17.8 Å². The molecule has 2 aromatic carbocycles. The van der Waals surface area contributed by atoms with Gasteiger partial charge in [0.2, 0.25) is 11.2 Å². The topological polar surface area (TPSA) is 84.2 Å². The number of carbonyl (C=O) groups excluding carboxylic acids is 1. The molecule has 0 aliphatic heterocycles. The maximum atomic E-state index is 12.8. The highest BCUT2D eigenvalue weighted by atomic mass is 16.6. The lowest BCUT2D eigenvalue weighted by Gasteiger charge is -2.11. The predicted molar refractivity (Wildman–Crippen MR) is 107 cm³/mol. The largest absolute Gasteiger partial charge is 0.490 e. The molecule has 0 bridgehead atoms. The lowest BCUT2D eigenvalue weighted by molar-refractivity contribution is -0.146. The highest BCUT2D eigenvalue weighted by Gasteiger charge is 2.13. The minimum atomic E-state index is -0.454. The van der Waals surface area contributed by atoms with Crippen LogP contribution in [0.3, 0.4) is 0 Å². The fourth-order valence-electron chi connectivity index (χ4n) is 2.58. The summed E-state index contributed by atoms with van der Waals surface area (Å²) in [6.45, 7) is 4.38. The average Bonchev–Trinajstić information content (AvgIpc) is 2.74. The van der Waals surface area contributed by atoms with Crippen molar-refractivity contribution >= 4 is 16.9 Å². The van der Waals surface area contributed by atoms with Crippen molar-refractivity contribution in [2.75, 3.05) is 19.8 Å². The normalized spacial score (nSPS) is 10.6. The Morgan fingerprint density at radius 1 is 1.00 bits per heavy atom. The van der Waals surface area contributed by atoms with Gasteiger partial charge in [-0.05, 0) is 37.6 Å². The van der Waals surface area contributed by atoms with E-state index in [4.69, 9.17) is 23.4 Å². The monoisotopic (exact) mass is 398 g/mol. The molecule has 0 radical (unpaired) electrons. The summed E-state index contributed by atoms with van der Waals surface area (Å²) in [6, 6.07) is 11.8. The zero-order valence-corrected chi connectivity index (χ0v) is 16.3. The number of ether oxygens (including phenoxy) is 4. The molecule has 0 aliphatic rings. The molecule has 0 spiro atoms. The molecule has 0 atom stereocenters. The molecule has 0 amide bonds. The van der Waals surface area contributed by atoms with Crippen LogP contribution in [0.5, 0.6) is 23.0 Å². The van der Waals surface area contributed by atoms with Crippen molar-refractivity contribution in [2.45, 2.75) is 20.3 Å². The maximum Gasteiger partial charge on any atom is 0.344 e. The first kappa shape index (κ1) is 20.3. The van der Waals surface area contributed by atoms with Crippen molar-refractivity contribution in [2.24, 2.45) is 0 Å². The van der Waals surface area contributed by atoms with Gasteiger partial charge in [0.05, 0.1) is 18.6 Å². The SMILES string of the molecule is CCCOC(=O)COc1ccc2c(=O)c(Oc3ccccc3OCC)coc2c1. The third kappa shape index (κ3) is 5.07. The van der Waals surface area contributed by atoms with Gasteiger partial charge in [0.15, 0.2) is 18.1 Å². The van der Waals surface area contributed by atoms with Gasteiger partial charge >= 0.3 is 5.97 Å². The van der Waals surface area contributed by atoms with Crippen LogP contribution < -0.4 is 19.6 Å². The van der Waals surface area contributed by atoms with Crippen LogP contribution in [0.15, 0.2) is 57.9 Å². The minimum absolute atomic E-state index is 0.0430. The molecular formula is C22H22O7. The molecular weight excluding hydrogens is 376 g/mol. The van der Waals surface area contributed by atoms with Crippen LogP contribution >= 0.6 is 0 Å². The van der Waals surface area contributed by atoms with Gasteiger partial charge in [-0.25, -0.2) is 4.79 Å². The molecule has 0 aliphatic carbocycles. The summed E-state index contributed by atoms with van der Waals surface area (Å²) < 4.78 is 27.1. The lowest BCUT2D eigenvalue weighted by atomic mass is 10.2. The van der Waals surface area contributed by atoms with E-state index >= 15 is 0 Å². The van der Waals surface area contributed by atoms with Crippen molar-refractivity contribution in [1.29, 1.82) is 0 Å². The molecule has 0 saturated heterocycles. The zero-order chi connectivity index (χ0) is 20.6. The summed E-state index contributed by atoms with van der Waals surface area (Å²) in [4.78, 5) is 24.3. The van der Waals surface area contributed by atoms with E-state index < -0.39 is 5.97 Å². The van der Waals surface area contributed by atoms with E-state index in [0.29, 0.717) is 41.4 Å². The Bertz CT molecular complexity index is 1040. The van der Waals surface area contributed by atoms with E-state index in [2.05, 4.69) is 0 Å². The summed E-state index contributed by atoms with van der Waals surface area (Å²) in [5, 5.41) is 0.331. The number of esters is 1. The first-order valence-corrected chi connectivity index (χ1v) is 9.36. The number of para-hydroxylation sites is 2. The molecule has 0 fully saturated rings. The lowest BCUT2D eigenvalue weighted by Crippen LogP contribution is -2.15. The van der Waals surface area contributed by atoms with Crippen molar-refractivity contribution in [3.05, 3.63) is 59.0 Å². The van der Waals surface area contributed by atoms with Crippen LogP contribution in [-0.2, 0) is 9.53 Å². The van der Waals surface area contributed by atoms with Gasteiger partial charge in [-0.15, -0.1) is 0 Å². The second-order valence-corrected chi connectivity index (χ2v) is 6.08. The molecule has 0 saturated carbocycles. The summed E-state index contributed by atoms with van der Waals surface area (Å²) in [6.07, 6.45) is 1.99. The molecule has 1 aromatic heterocycles. The van der Waals surface area contributed by atoms with Crippen LogP contribution in [0.25, 0.3) is 11.0 Å². The smallest absolute Gasteiger partial charge is 0.344 e. The molecule has 0 unspecified atom stereocenters. The zero-order valence-electron chi connectivity index (χ0n) is 16.3. The van der Waals surface area contributed by atoms with Crippen LogP contribution in [0, 0.1) is 0 Å². The van der Waals surface area contributed by atoms with E-state index in [0.717, 1.165) is 6.42 Å². The van der Waals surface area contributed by atoms with Gasteiger partial charge in [0.1, 0.15) is 17.6 Å². The quantitative estimate of drug-likeness (QED) is 0.496. The number of hydrogen-bond acceptors (Lipinski definition) is 7. The van der Waals surface area contributed by atoms with Gasteiger partial charge in [-0.1, -0.05) is 19.1 Å². The fourth-order valence-corrected chi connectivity index (χ4v) is 2.58. The molecule has 1 heterocycles. The molecule has 7 nitrogen and oxygen atoms in total. The van der Waals surface area contributed by atoms with Crippen LogP contribution in [0.1, 0.15) is 20.3 Å². The van der Waals surface area contributed by atoms with E-state index in [9.17, 15) is 9.59 Å². The molecule has 152 valence electrons. The third-order valence-electron chi connectivity index (χ3n) is 3.91. The first-order chi connectivity index (χ1) is 14.1. The van der Waals surface area contributed by atoms with Crippen molar-refractivity contribution in [3.8, 4) is 23.0 Å². The molecule has 29 heavy (non-hydrogen) atoms. The van der Waals surface area contributed by atoms with Gasteiger partial charge in [-0.2, -0.15) is 0 Å². The van der Waals surface area contributed by atoms with Crippen molar-refractivity contribution in [1.82, 2.24) is 0 Å². The van der Waals surface area contributed by atoms with E-state index in [1.165, 1.54) is 6.26 Å². The van der Waals surface area contributed by atoms with Crippen molar-refractivity contribution < 1.29 is 28.2 Å². The fraction of sp³-hybridized carbons (Fsp3) is 0.273. The number of carbonyl (C=O) groups is 1. The Kier molecular flexibility index (Phi) is 6.73. The third-order valence-corrected chi connectivity index (χ3v) is 3.91. The Labute approximate surface area is 167 Å². The number of fused-ring (bicyclic) bond motifs is 1. The number of rotatable bonds is 9. The second-order valence-electron chi connectivity index (χ2n) is 6.08. The average molecular weight is 398 g/mol. The standard InChI is InChI=1S/C22H22O7/c1-3-11-26-21(23)14-27-15-9-10-16-19(12-15)28-13-20(22(16)24)29-18-8-6-5-7-17(18)25-4-2/h5-10,12-13H,3-4,11,14H2,1-2H3. The first-order valence-electron chi connectivity index (χ1n) is 9.36. The van der Waals surface area contributed by atoms with Gasteiger partial charge in [-0.3, -0.25) is 4.79 Å². The van der Waals surface area contributed by atoms with Gasteiger partial charge < -0.3 is 23.4 Å². The second kappa shape index (κ2) is 9.64. The Hall–Kier alpha value is -3.48. The number of benzene rings is 2. The van der Waals surface area contributed by atoms with Crippen LogP contribution in [-0.4, -0.2) is 25.8 Å². The summed E-state index contributed by atoms with van der Waals surface area (Å²) in [5.74, 6) is 0.941. The Morgan fingerprint density at radius 3 is 2.55 bits per heavy atom. The van der Waals surface area contributed by atoms with Crippen LogP contribution in [0.2, 0.25) is 0 Å². The molecule has 3 aromatic rings. The maximum absolute atomic E-state index is 12.8. The van der Waals surface area contributed by atoms with Gasteiger partial charge in [0, 0.05) is 6.07 Å². The summed E-state index contributed by atoms with van der Waals surface area (Å²) in [7, 11) is 0. The van der Waals surface area contributed by atoms with Crippen molar-refractivity contribution in [3.63, 3.8) is 0 Å². The molecule has 0 N–H and O–H groups in total. The summed E-state index contributed by atoms with van der Waals surface area (Å²) in [5.41, 5.74) is -0.00803.